The lowest BCUT2D eigenvalue weighted by atomic mass is 10.0. The summed E-state index contributed by atoms with van der Waals surface area (Å²) >= 11 is 0. The molecule has 0 aliphatic carbocycles. The van der Waals surface area contributed by atoms with E-state index >= 15 is 0 Å². The molecule has 0 aliphatic rings. The van der Waals surface area contributed by atoms with E-state index in [0.717, 1.165) is 32.1 Å². The van der Waals surface area contributed by atoms with Crippen LogP contribution >= 0.6 is 7.82 Å². The van der Waals surface area contributed by atoms with Crippen LogP contribution in [0, 0.1) is 0 Å². The molecular weight excluding hydrogens is 557 g/mol. The molecule has 0 aromatic heterocycles. The first kappa shape index (κ1) is 41.0. The Kier molecular flexibility index (Phi) is 25.8. The highest BCUT2D eigenvalue weighted by Crippen LogP contribution is 2.38. The zero-order valence-electron chi connectivity index (χ0n) is 27.7. The van der Waals surface area contributed by atoms with Crippen molar-refractivity contribution >= 4 is 19.8 Å². The normalized spacial score (nSPS) is 14.0. The lowest BCUT2D eigenvalue weighted by molar-refractivity contribution is -0.870. The molecule has 42 heavy (non-hydrogen) atoms. The molecule has 250 valence electrons. The quantitative estimate of drug-likeness (QED) is 0.0351. The fourth-order valence-corrected chi connectivity index (χ4v) is 5.15. The first-order valence-corrected chi connectivity index (χ1v) is 18.2. The van der Waals surface area contributed by atoms with E-state index in [1.54, 1.807) is 0 Å². The molecule has 0 aromatic carbocycles. The van der Waals surface area contributed by atoms with Gasteiger partial charge in [-0.3, -0.25) is 14.2 Å². The molecule has 0 saturated carbocycles. The number of hydrogen-bond donors (Lipinski definition) is 0. The molecule has 0 amide bonds. The minimum absolute atomic E-state index is 0.0278. The zero-order chi connectivity index (χ0) is 31.5. The number of unbranched alkanes of at least 4 members (excludes halogenated alkanes) is 16. The van der Waals surface area contributed by atoms with Gasteiger partial charge >= 0.3 is 11.9 Å². The highest BCUT2D eigenvalue weighted by atomic mass is 31.2. The topological polar surface area (TPSA) is 111 Å². The van der Waals surface area contributed by atoms with Crippen LogP contribution in [0.15, 0.2) is 0 Å². The van der Waals surface area contributed by atoms with Gasteiger partial charge in [0.2, 0.25) is 0 Å². The summed E-state index contributed by atoms with van der Waals surface area (Å²) in [5.74, 6) is -0.858. The molecule has 0 heterocycles. The Morgan fingerprint density at radius 1 is 0.643 bits per heavy atom. The first-order chi connectivity index (χ1) is 20.0. The summed E-state index contributed by atoms with van der Waals surface area (Å²) < 4.78 is 33.2. The average molecular weight is 622 g/mol. The molecule has 0 saturated heterocycles. The smallest absolute Gasteiger partial charge is 0.306 e. The third-order valence-electron chi connectivity index (χ3n) is 7.13. The van der Waals surface area contributed by atoms with Gasteiger partial charge < -0.3 is 27.9 Å². The van der Waals surface area contributed by atoms with Crippen LogP contribution in [-0.2, 0) is 32.7 Å². The van der Waals surface area contributed by atoms with E-state index in [4.69, 9.17) is 18.5 Å². The van der Waals surface area contributed by atoms with E-state index in [1.165, 1.54) is 77.0 Å². The lowest BCUT2D eigenvalue weighted by Crippen LogP contribution is -2.37. The van der Waals surface area contributed by atoms with E-state index in [-0.39, 0.29) is 32.0 Å². The lowest BCUT2D eigenvalue weighted by Gasteiger charge is -2.28. The van der Waals surface area contributed by atoms with Crippen molar-refractivity contribution in [3.8, 4) is 0 Å². The minimum atomic E-state index is -4.59. The minimum Gasteiger partial charge on any atom is -0.756 e. The summed E-state index contributed by atoms with van der Waals surface area (Å²) in [5.41, 5.74) is 0. The van der Waals surface area contributed by atoms with E-state index < -0.39 is 26.5 Å². The molecule has 0 bridgehead atoms. The van der Waals surface area contributed by atoms with Crippen molar-refractivity contribution in [3.63, 3.8) is 0 Å². The van der Waals surface area contributed by atoms with Crippen LogP contribution in [0.5, 0.6) is 0 Å². The van der Waals surface area contributed by atoms with Crippen LogP contribution < -0.4 is 4.89 Å². The summed E-state index contributed by atoms with van der Waals surface area (Å²) in [6, 6.07) is 0. The summed E-state index contributed by atoms with van der Waals surface area (Å²) in [7, 11) is 1.17. The number of phosphoric ester groups is 1. The number of rotatable bonds is 30. The van der Waals surface area contributed by atoms with E-state index in [2.05, 4.69) is 6.92 Å². The molecule has 0 radical (unpaired) electrons. The Bertz CT molecular complexity index is 713. The highest BCUT2D eigenvalue weighted by molar-refractivity contribution is 7.45. The second kappa shape index (κ2) is 26.4. The predicted octanol–water partition coefficient (Wildman–Crippen LogP) is 7.49. The fraction of sp³-hybridized carbons (Fsp3) is 0.938. The van der Waals surface area contributed by atoms with Crippen molar-refractivity contribution in [2.45, 2.75) is 148 Å². The fourth-order valence-electron chi connectivity index (χ4n) is 4.42. The largest absolute Gasteiger partial charge is 0.756 e. The molecule has 0 spiro atoms. The SMILES string of the molecule is CCCCCCCCCCCCCCCCCC(=O)OCC(COP(=O)([O-])OCC[N+](C)(C)C)OC(=O)CCCCC. The Morgan fingerprint density at radius 3 is 1.57 bits per heavy atom. The molecule has 9 nitrogen and oxygen atoms in total. The standard InChI is InChI=1S/C32H64NO8P/c1-6-8-10-11-12-13-14-15-16-17-18-19-20-21-23-24-31(34)38-28-30(41-32(35)25-22-9-7-2)29-40-42(36,37)39-27-26-33(3,4)5/h30H,6-29H2,1-5H3. The maximum atomic E-state index is 12.3. The van der Waals surface area contributed by atoms with Crippen LogP contribution in [0.3, 0.4) is 0 Å². The van der Waals surface area contributed by atoms with Crippen LogP contribution in [0.1, 0.15) is 142 Å². The predicted molar refractivity (Wildman–Crippen MR) is 167 cm³/mol. The van der Waals surface area contributed by atoms with Crippen LogP contribution in [0.25, 0.3) is 0 Å². The number of esters is 2. The summed E-state index contributed by atoms with van der Waals surface area (Å²) in [5, 5.41) is 0. The number of phosphoric acid groups is 1. The molecule has 0 aliphatic heterocycles. The van der Waals surface area contributed by atoms with Crippen LogP contribution in [0.2, 0.25) is 0 Å². The number of carbonyl (C=O) groups is 2. The Hall–Kier alpha value is -0.990. The van der Waals surface area contributed by atoms with Gasteiger partial charge in [0.05, 0.1) is 27.7 Å². The van der Waals surface area contributed by atoms with Crippen molar-refractivity contribution in [1.29, 1.82) is 0 Å². The van der Waals surface area contributed by atoms with Crippen LogP contribution in [-0.4, -0.2) is 70.0 Å². The molecule has 0 aromatic rings. The van der Waals surface area contributed by atoms with Crippen molar-refractivity contribution in [1.82, 2.24) is 0 Å². The van der Waals surface area contributed by atoms with Gasteiger partial charge in [0.15, 0.2) is 6.10 Å². The van der Waals surface area contributed by atoms with Gasteiger partial charge in [-0.05, 0) is 12.8 Å². The van der Waals surface area contributed by atoms with Crippen molar-refractivity contribution in [2.75, 3.05) is 47.5 Å². The zero-order valence-corrected chi connectivity index (χ0v) is 28.6. The number of quaternary nitrogens is 1. The van der Waals surface area contributed by atoms with E-state index in [0.29, 0.717) is 17.4 Å². The van der Waals surface area contributed by atoms with Gasteiger partial charge in [0.25, 0.3) is 7.82 Å². The summed E-state index contributed by atoms with van der Waals surface area (Å²) in [6.45, 7) is 4.02. The Balaban J connectivity index is 4.18. The molecule has 0 fully saturated rings. The van der Waals surface area contributed by atoms with E-state index in [1.807, 2.05) is 28.1 Å². The van der Waals surface area contributed by atoms with E-state index in [9.17, 15) is 19.0 Å². The molecular formula is C32H64NO8P. The molecule has 0 rings (SSSR count). The summed E-state index contributed by atoms with van der Waals surface area (Å²) in [4.78, 5) is 36.6. The number of carbonyl (C=O) groups excluding carboxylic acids is 2. The van der Waals surface area contributed by atoms with Gasteiger partial charge in [-0.1, -0.05) is 117 Å². The van der Waals surface area contributed by atoms with Crippen LogP contribution in [0.4, 0.5) is 0 Å². The second-order valence-electron chi connectivity index (χ2n) is 12.5. The van der Waals surface area contributed by atoms with Gasteiger partial charge in [0.1, 0.15) is 19.8 Å². The van der Waals surface area contributed by atoms with Crippen molar-refractivity contribution in [3.05, 3.63) is 0 Å². The van der Waals surface area contributed by atoms with Gasteiger partial charge in [0, 0.05) is 12.8 Å². The highest BCUT2D eigenvalue weighted by Gasteiger charge is 2.21. The van der Waals surface area contributed by atoms with Gasteiger partial charge in [-0.2, -0.15) is 0 Å². The Labute approximate surface area is 257 Å². The van der Waals surface area contributed by atoms with Crippen molar-refractivity contribution < 1.29 is 42.1 Å². The second-order valence-corrected chi connectivity index (χ2v) is 14.0. The average Bonchev–Trinajstić information content (AvgIpc) is 2.91. The molecule has 0 N–H and O–H groups in total. The summed E-state index contributed by atoms with van der Waals surface area (Å²) in [6.07, 6.45) is 20.8. The molecule has 2 atom stereocenters. The number of nitrogens with zero attached hydrogens (tertiary/aromatic N) is 1. The van der Waals surface area contributed by atoms with Gasteiger partial charge in [-0.25, -0.2) is 0 Å². The monoisotopic (exact) mass is 621 g/mol. The number of hydrogen-bond acceptors (Lipinski definition) is 8. The Morgan fingerprint density at radius 2 is 1.07 bits per heavy atom. The third-order valence-corrected chi connectivity index (χ3v) is 8.09. The maximum Gasteiger partial charge on any atom is 0.306 e. The third kappa shape index (κ3) is 29.1. The number of likely N-dealkylation sites (N-methyl/N-ethyl adjacent to an activating group) is 1. The molecule has 2 unspecified atom stereocenters. The first-order valence-electron chi connectivity index (χ1n) is 16.7. The van der Waals surface area contributed by atoms with Gasteiger partial charge in [-0.15, -0.1) is 0 Å². The van der Waals surface area contributed by atoms with Crippen molar-refractivity contribution in [2.24, 2.45) is 0 Å². The molecule has 10 heteroatoms. The number of ether oxygens (including phenoxy) is 2. The maximum absolute atomic E-state index is 12.3.